The van der Waals surface area contributed by atoms with Crippen LogP contribution in [0.1, 0.15) is 28.8 Å². The molecule has 0 bridgehead atoms. The minimum Gasteiger partial charge on any atom is -0.351 e. The molecule has 22 heavy (non-hydrogen) atoms. The highest BCUT2D eigenvalue weighted by molar-refractivity contribution is 7.92. The number of sulfone groups is 1. The Kier molecular flexibility index (Phi) is 5.03. The molecule has 1 N–H and O–H groups in total. The van der Waals surface area contributed by atoms with E-state index in [0.29, 0.717) is 10.8 Å². The van der Waals surface area contributed by atoms with Gasteiger partial charge in [0.2, 0.25) is 5.91 Å². The van der Waals surface area contributed by atoms with Crippen LogP contribution in [-0.2, 0) is 21.2 Å². The summed E-state index contributed by atoms with van der Waals surface area (Å²) in [6.07, 6.45) is 1.18. The number of aryl methyl sites for hydroxylation is 1. The second kappa shape index (κ2) is 6.62. The van der Waals surface area contributed by atoms with Crippen molar-refractivity contribution in [2.24, 2.45) is 0 Å². The second-order valence-electron chi connectivity index (χ2n) is 5.29. The van der Waals surface area contributed by atoms with Crippen molar-refractivity contribution in [1.29, 1.82) is 0 Å². The van der Waals surface area contributed by atoms with Crippen LogP contribution in [0.5, 0.6) is 0 Å². The van der Waals surface area contributed by atoms with Crippen molar-refractivity contribution in [3.63, 3.8) is 0 Å². The lowest BCUT2D eigenvalue weighted by atomic mass is 9.96. The van der Waals surface area contributed by atoms with Gasteiger partial charge in [-0.3, -0.25) is 4.79 Å². The van der Waals surface area contributed by atoms with Crippen LogP contribution in [0.2, 0.25) is 0 Å². The highest BCUT2D eigenvalue weighted by atomic mass is 32.2. The van der Waals surface area contributed by atoms with Gasteiger partial charge in [0.05, 0.1) is 12.5 Å². The number of hydrogen-bond donors (Lipinski definition) is 1. The fraction of sp³-hybridized carbons (Fsp3) is 0.312. The van der Waals surface area contributed by atoms with Gasteiger partial charge in [0, 0.05) is 11.1 Å². The van der Waals surface area contributed by atoms with Crippen molar-refractivity contribution >= 4 is 27.1 Å². The van der Waals surface area contributed by atoms with E-state index in [1.165, 1.54) is 17.6 Å². The molecule has 4 nitrogen and oxygen atoms in total. The first-order valence-corrected chi connectivity index (χ1v) is 9.62. The Morgan fingerprint density at radius 1 is 1.23 bits per heavy atom. The van der Waals surface area contributed by atoms with Crippen molar-refractivity contribution in [3.05, 3.63) is 52.4 Å². The average Bonchev–Trinajstić information content (AvgIpc) is 2.93. The molecule has 0 spiro atoms. The lowest BCUT2D eigenvalue weighted by molar-refractivity contribution is -0.122. The molecule has 1 unspecified atom stereocenters. The maximum atomic E-state index is 12.2. The van der Waals surface area contributed by atoms with E-state index in [2.05, 4.69) is 5.32 Å². The zero-order chi connectivity index (χ0) is 16.3. The Labute approximate surface area is 135 Å². The molecule has 1 aromatic heterocycles. The summed E-state index contributed by atoms with van der Waals surface area (Å²) >= 11 is 1.19. The third kappa shape index (κ3) is 3.96. The molecule has 1 heterocycles. The van der Waals surface area contributed by atoms with Gasteiger partial charge >= 0.3 is 0 Å². The zero-order valence-electron chi connectivity index (χ0n) is 12.8. The summed E-state index contributed by atoms with van der Waals surface area (Å²) in [7, 11) is -3.18. The van der Waals surface area contributed by atoms with E-state index in [9.17, 15) is 13.2 Å². The lowest BCUT2D eigenvalue weighted by Crippen LogP contribution is -2.27. The van der Waals surface area contributed by atoms with Crippen molar-refractivity contribution in [2.75, 3.05) is 6.26 Å². The molecule has 0 fully saturated rings. The Hall–Kier alpha value is -1.66. The van der Waals surface area contributed by atoms with Crippen molar-refractivity contribution in [3.8, 4) is 0 Å². The predicted molar refractivity (Wildman–Crippen MR) is 88.9 cm³/mol. The Bertz CT molecular complexity index is 778. The largest absolute Gasteiger partial charge is 0.351 e. The summed E-state index contributed by atoms with van der Waals surface area (Å²) in [5.41, 5.74) is 2.09. The molecule has 1 amide bonds. The molecule has 0 aliphatic rings. The maximum Gasteiger partial charge on any atom is 0.227 e. The molecule has 0 radical (unpaired) electrons. The van der Waals surface area contributed by atoms with E-state index >= 15 is 0 Å². The van der Waals surface area contributed by atoms with Crippen LogP contribution in [0.15, 0.2) is 40.6 Å². The van der Waals surface area contributed by atoms with Crippen molar-refractivity contribution in [2.45, 2.75) is 30.5 Å². The molecule has 0 saturated carbocycles. The molecule has 118 valence electrons. The summed E-state index contributed by atoms with van der Waals surface area (Å²) < 4.78 is 23.2. The number of amides is 1. The monoisotopic (exact) mass is 337 g/mol. The minimum atomic E-state index is -3.18. The fourth-order valence-corrected chi connectivity index (χ4v) is 4.11. The van der Waals surface area contributed by atoms with Crippen LogP contribution in [0, 0.1) is 6.92 Å². The second-order valence-corrected chi connectivity index (χ2v) is 8.70. The first-order valence-electron chi connectivity index (χ1n) is 6.91. The number of carbonyl (C=O) groups excluding carboxylic acids is 1. The standard InChI is InChI=1S/C16H19NO3S2/c1-11-6-4-5-7-14(11)12(2)16(18)17-10-13-8-9-15(21-13)22(3,19)20/h4-9,12H,10H2,1-3H3,(H,17,18). The molecule has 1 aromatic carbocycles. The van der Waals surface area contributed by atoms with E-state index in [1.54, 1.807) is 12.1 Å². The highest BCUT2D eigenvalue weighted by Gasteiger charge is 2.17. The van der Waals surface area contributed by atoms with Crippen LogP contribution < -0.4 is 5.32 Å². The average molecular weight is 337 g/mol. The third-order valence-electron chi connectivity index (χ3n) is 3.49. The molecule has 0 saturated heterocycles. The van der Waals surface area contributed by atoms with Crippen LogP contribution in [-0.4, -0.2) is 20.6 Å². The topological polar surface area (TPSA) is 63.2 Å². The molecule has 2 aromatic rings. The molecular weight excluding hydrogens is 318 g/mol. The van der Waals surface area contributed by atoms with Gasteiger partial charge in [-0.2, -0.15) is 0 Å². The van der Waals surface area contributed by atoms with Gasteiger partial charge in [-0.15, -0.1) is 11.3 Å². The van der Waals surface area contributed by atoms with E-state index in [4.69, 9.17) is 0 Å². The number of thiophene rings is 1. The number of benzene rings is 1. The van der Waals surface area contributed by atoms with Crippen molar-refractivity contribution in [1.82, 2.24) is 5.32 Å². The minimum absolute atomic E-state index is 0.0661. The van der Waals surface area contributed by atoms with E-state index in [-0.39, 0.29) is 11.8 Å². The predicted octanol–water partition coefficient (Wildman–Crippen LogP) is 2.88. The van der Waals surface area contributed by atoms with Crippen LogP contribution in [0.25, 0.3) is 0 Å². The molecule has 0 aliphatic heterocycles. The summed E-state index contributed by atoms with van der Waals surface area (Å²) in [6, 6.07) is 11.1. The van der Waals surface area contributed by atoms with Gasteiger partial charge in [-0.1, -0.05) is 24.3 Å². The maximum absolute atomic E-state index is 12.2. The molecule has 1 atom stereocenters. The number of nitrogens with one attached hydrogen (secondary N) is 1. The van der Waals surface area contributed by atoms with Gasteiger partial charge in [-0.05, 0) is 37.1 Å². The Morgan fingerprint density at radius 3 is 2.50 bits per heavy atom. The molecule has 0 aliphatic carbocycles. The van der Waals surface area contributed by atoms with Gasteiger partial charge < -0.3 is 5.32 Å². The summed E-state index contributed by atoms with van der Waals surface area (Å²) in [6.45, 7) is 4.19. The SMILES string of the molecule is Cc1ccccc1C(C)C(=O)NCc1ccc(S(C)(=O)=O)s1. The van der Waals surface area contributed by atoms with E-state index in [1.807, 2.05) is 38.1 Å². The number of carbonyl (C=O) groups is 1. The smallest absolute Gasteiger partial charge is 0.227 e. The number of hydrogen-bond acceptors (Lipinski definition) is 4. The van der Waals surface area contributed by atoms with Gasteiger partial charge in [0.1, 0.15) is 4.21 Å². The molecule has 2 rings (SSSR count). The third-order valence-corrected chi connectivity index (χ3v) is 6.39. The molecular formula is C16H19NO3S2. The summed E-state index contributed by atoms with van der Waals surface area (Å²) in [5, 5.41) is 2.87. The highest BCUT2D eigenvalue weighted by Crippen LogP contribution is 2.22. The van der Waals surface area contributed by atoms with Gasteiger partial charge in [-0.25, -0.2) is 8.42 Å². The Balaban J connectivity index is 2.01. The van der Waals surface area contributed by atoms with Crippen LogP contribution in [0.4, 0.5) is 0 Å². The number of rotatable bonds is 5. The normalized spacial score (nSPS) is 12.9. The fourth-order valence-electron chi connectivity index (χ4n) is 2.19. The molecule has 6 heteroatoms. The quantitative estimate of drug-likeness (QED) is 0.912. The van der Waals surface area contributed by atoms with Gasteiger partial charge in [0.25, 0.3) is 0 Å². The van der Waals surface area contributed by atoms with E-state index in [0.717, 1.165) is 16.0 Å². The Morgan fingerprint density at radius 2 is 1.91 bits per heavy atom. The van der Waals surface area contributed by atoms with Crippen LogP contribution >= 0.6 is 11.3 Å². The lowest BCUT2D eigenvalue weighted by Gasteiger charge is -2.14. The van der Waals surface area contributed by atoms with Crippen LogP contribution in [0.3, 0.4) is 0 Å². The van der Waals surface area contributed by atoms with Gasteiger partial charge in [0.15, 0.2) is 9.84 Å². The summed E-state index contributed by atoms with van der Waals surface area (Å²) in [5.74, 6) is -0.306. The zero-order valence-corrected chi connectivity index (χ0v) is 14.4. The first kappa shape index (κ1) is 16.7. The summed E-state index contributed by atoms with van der Waals surface area (Å²) in [4.78, 5) is 13.1. The first-order chi connectivity index (χ1) is 10.3. The van der Waals surface area contributed by atoms with Crippen molar-refractivity contribution < 1.29 is 13.2 Å². The van der Waals surface area contributed by atoms with E-state index < -0.39 is 9.84 Å².